The number of hydrogen-bond donors (Lipinski definition) is 3. The van der Waals surface area contributed by atoms with Gasteiger partial charge < -0.3 is 10.2 Å². The minimum absolute atomic E-state index is 0.184. The van der Waals surface area contributed by atoms with Gasteiger partial charge in [-0.15, -0.1) is 0 Å². The molecule has 0 saturated heterocycles. The van der Waals surface area contributed by atoms with Gasteiger partial charge in [0.05, 0.1) is 0 Å². The van der Waals surface area contributed by atoms with Crippen molar-refractivity contribution in [2.75, 3.05) is 0 Å². The van der Waals surface area contributed by atoms with E-state index in [0.717, 1.165) is 22.3 Å². The van der Waals surface area contributed by atoms with Crippen LogP contribution in [0.15, 0.2) is 120 Å². The van der Waals surface area contributed by atoms with Gasteiger partial charge in [0.1, 0.15) is 11.5 Å². The second kappa shape index (κ2) is 12.7. The minimum Gasteiger partial charge on any atom is -0.506 e. The zero-order chi connectivity index (χ0) is 31.6. The van der Waals surface area contributed by atoms with Crippen LogP contribution in [0.4, 0.5) is 0 Å². The lowest BCUT2D eigenvalue weighted by Gasteiger charge is -2.23. The highest BCUT2D eigenvalue weighted by atomic mass is 32.2. The summed E-state index contributed by atoms with van der Waals surface area (Å²) in [5.74, 6) is -1.80. The molecule has 0 amide bonds. The smallest absolute Gasteiger partial charge is 0.301 e. The predicted molar refractivity (Wildman–Crippen MR) is 175 cm³/mol. The molecule has 0 aliphatic rings. The Labute approximate surface area is 260 Å². The Balaban J connectivity index is 1.50. The average molecular weight is 607 g/mol. The Bertz CT molecular complexity index is 1710. The summed E-state index contributed by atoms with van der Waals surface area (Å²) in [7, 11) is -4.94. The molecule has 0 aromatic heterocycles. The van der Waals surface area contributed by atoms with E-state index in [4.69, 9.17) is 0 Å². The molecule has 0 aliphatic heterocycles. The molecule has 5 aromatic rings. The van der Waals surface area contributed by atoms with Crippen LogP contribution >= 0.6 is 0 Å². The highest BCUT2D eigenvalue weighted by molar-refractivity contribution is 7.86. The topological polar surface area (TPSA) is 94.8 Å². The highest BCUT2D eigenvalue weighted by Crippen LogP contribution is 2.46. The Morgan fingerprint density at radius 3 is 1.02 bits per heavy atom. The molecule has 0 aliphatic carbocycles. The van der Waals surface area contributed by atoms with E-state index in [9.17, 15) is 23.2 Å². The van der Waals surface area contributed by atoms with Crippen molar-refractivity contribution in [1.82, 2.24) is 0 Å². The molecule has 5 rings (SSSR count). The van der Waals surface area contributed by atoms with Crippen LogP contribution in [0.25, 0.3) is 0 Å². The number of hydrogen-bond acceptors (Lipinski definition) is 4. The number of phenolic OH excluding ortho intramolecular Hbond substituents is 2. The molecule has 226 valence electrons. The van der Waals surface area contributed by atoms with Crippen LogP contribution in [0, 0.1) is 0 Å². The van der Waals surface area contributed by atoms with Gasteiger partial charge in [0.25, 0.3) is 0 Å². The first-order valence-corrected chi connectivity index (χ1v) is 16.3. The molecule has 0 saturated carbocycles. The fourth-order valence-corrected chi connectivity index (χ4v) is 6.68. The second-order valence-corrected chi connectivity index (χ2v) is 13.0. The van der Waals surface area contributed by atoms with Crippen LogP contribution in [0.3, 0.4) is 0 Å². The van der Waals surface area contributed by atoms with Gasteiger partial charge in [0, 0.05) is 34.8 Å². The van der Waals surface area contributed by atoms with Crippen LogP contribution in [-0.2, 0) is 10.1 Å². The first-order chi connectivity index (χ1) is 21.0. The SMILES string of the molecule is CC(c1ccccc1)c1ccc(C(C)c2cc(C(C)c3ccc(C(C)c4ccccc4)cc3)c(O)c(S(=O)(=O)O)c2O)cc1. The van der Waals surface area contributed by atoms with Gasteiger partial charge in [0.15, 0.2) is 4.90 Å². The van der Waals surface area contributed by atoms with E-state index in [1.54, 1.807) is 6.07 Å². The van der Waals surface area contributed by atoms with E-state index in [1.807, 2.05) is 98.8 Å². The van der Waals surface area contributed by atoms with E-state index in [0.29, 0.717) is 11.1 Å². The van der Waals surface area contributed by atoms with Gasteiger partial charge in [-0.1, -0.05) is 137 Å². The zero-order valence-electron chi connectivity index (χ0n) is 25.3. The Morgan fingerprint density at radius 1 is 0.455 bits per heavy atom. The monoisotopic (exact) mass is 606 g/mol. The molecule has 44 heavy (non-hydrogen) atoms. The summed E-state index contributed by atoms with van der Waals surface area (Å²) < 4.78 is 35.0. The third-order valence-corrected chi connectivity index (χ3v) is 9.85. The molecule has 5 aromatic carbocycles. The van der Waals surface area contributed by atoms with Crippen molar-refractivity contribution in [3.05, 3.63) is 160 Å². The summed E-state index contributed by atoms with van der Waals surface area (Å²) in [5, 5.41) is 22.2. The molecule has 6 heteroatoms. The molecule has 3 N–H and O–H groups in total. The molecule has 0 spiro atoms. The standard InChI is InChI=1S/C38H38O5S/c1-24(28-11-7-5-8-12-28)30-15-19-32(20-16-30)26(3)34-23-35(37(40)38(36(34)39)44(41,42)43)27(4)33-21-17-31(18-22-33)25(2)29-13-9-6-10-14-29/h5-27,39-40H,1-4H3,(H,41,42,43). The maximum absolute atomic E-state index is 12.4. The van der Waals surface area contributed by atoms with Crippen molar-refractivity contribution in [3.63, 3.8) is 0 Å². The fourth-order valence-electron chi connectivity index (χ4n) is 5.96. The first kappa shape index (κ1) is 31.0. The fraction of sp³-hybridized carbons (Fsp3) is 0.211. The highest BCUT2D eigenvalue weighted by Gasteiger charge is 2.30. The molecule has 4 atom stereocenters. The number of aromatic hydroxyl groups is 2. The van der Waals surface area contributed by atoms with Gasteiger partial charge >= 0.3 is 10.1 Å². The molecule has 0 radical (unpaired) electrons. The van der Waals surface area contributed by atoms with Crippen LogP contribution in [0.1, 0.15) is 95.9 Å². The van der Waals surface area contributed by atoms with Crippen LogP contribution < -0.4 is 0 Å². The molecule has 0 heterocycles. The van der Waals surface area contributed by atoms with Gasteiger partial charge in [-0.2, -0.15) is 8.42 Å². The third kappa shape index (κ3) is 6.28. The lowest BCUT2D eigenvalue weighted by atomic mass is 9.84. The van der Waals surface area contributed by atoms with E-state index < -0.39 is 38.3 Å². The van der Waals surface area contributed by atoms with Crippen molar-refractivity contribution in [2.45, 2.75) is 56.3 Å². The summed E-state index contributed by atoms with van der Waals surface area (Å²) in [6.07, 6.45) is 0. The van der Waals surface area contributed by atoms with E-state index in [1.165, 1.54) is 11.1 Å². The second-order valence-electron chi connectivity index (χ2n) is 11.6. The number of benzene rings is 5. The molecule has 0 fully saturated rings. The quantitative estimate of drug-likeness (QED) is 0.146. The van der Waals surface area contributed by atoms with E-state index in [-0.39, 0.29) is 11.8 Å². The molecule has 4 unspecified atom stereocenters. The molecular weight excluding hydrogens is 568 g/mol. The Morgan fingerprint density at radius 2 is 0.727 bits per heavy atom. The van der Waals surface area contributed by atoms with Crippen molar-refractivity contribution < 1.29 is 23.2 Å². The summed E-state index contributed by atoms with van der Waals surface area (Å²) in [5.41, 5.74) is 6.96. The van der Waals surface area contributed by atoms with Crippen molar-refractivity contribution in [2.24, 2.45) is 0 Å². The first-order valence-electron chi connectivity index (χ1n) is 14.8. The van der Waals surface area contributed by atoms with Crippen molar-refractivity contribution in [3.8, 4) is 11.5 Å². The van der Waals surface area contributed by atoms with Gasteiger partial charge in [-0.3, -0.25) is 4.55 Å². The van der Waals surface area contributed by atoms with Crippen molar-refractivity contribution in [1.29, 1.82) is 0 Å². The van der Waals surface area contributed by atoms with Crippen LogP contribution in [0.5, 0.6) is 11.5 Å². The van der Waals surface area contributed by atoms with Crippen LogP contribution in [-0.4, -0.2) is 23.2 Å². The van der Waals surface area contributed by atoms with Gasteiger partial charge in [0.2, 0.25) is 0 Å². The Kier molecular flexibility index (Phi) is 8.95. The maximum atomic E-state index is 12.4. The minimum atomic E-state index is -4.94. The summed E-state index contributed by atoms with van der Waals surface area (Å²) in [6.45, 7) is 8.01. The molecule has 0 bridgehead atoms. The van der Waals surface area contributed by atoms with Gasteiger partial charge in [-0.25, -0.2) is 0 Å². The summed E-state index contributed by atoms with van der Waals surface area (Å²) in [6, 6.07) is 38.0. The zero-order valence-corrected chi connectivity index (χ0v) is 26.2. The van der Waals surface area contributed by atoms with Gasteiger partial charge in [-0.05, 0) is 39.4 Å². The number of rotatable bonds is 9. The third-order valence-electron chi connectivity index (χ3n) is 8.95. The Hall–Kier alpha value is -4.39. The maximum Gasteiger partial charge on any atom is 0.301 e. The van der Waals surface area contributed by atoms with Crippen LogP contribution in [0.2, 0.25) is 0 Å². The van der Waals surface area contributed by atoms with Crippen molar-refractivity contribution >= 4 is 10.1 Å². The normalized spacial score (nSPS) is 14.5. The predicted octanol–water partition coefficient (Wildman–Crippen LogP) is 8.95. The summed E-state index contributed by atoms with van der Waals surface area (Å²) in [4.78, 5) is -0.868. The van der Waals surface area contributed by atoms with E-state index in [2.05, 4.69) is 38.1 Å². The van der Waals surface area contributed by atoms with E-state index >= 15 is 0 Å². The largest absolute Gasteiger partial charge is 0.506 e. The molecule has 5 nitrogen and oxygen atoms in total. The average Bonchev–Trinajstić information content (AvgIpc) is 3.04. The number of phenols is 2. The molecular formula is C38H38O5S. The summed E-state index contributed by atoms with van der Waals surface area (Å²) >= 11 is 0. The lowest BCUT2D eigenvalue weighted by Crippen LogP contribution is -2.08. The lowest BCUT2D eigenvalue weighted by molar-refractivity contribution is 0.401.